The Morgan fingerprint density at radius 2 is 2.16 bits per heavy atom. The molecule has 7 heteroatoms. The number of carbonyl (C=O) groups is 2. The van der Waals surface area contributed by atoms with Crippen LogP contribution in [0.2, 0.25) is 0 Å². The van der Waals surface area contributed by atoms with Crippen LogP contribution in [0.25, 0.3) is 0 Å². The number of aliphatic hydroxyl groups is 1. The summed E-state index contributed by atoms with van der Waals surface area (Å²) in [6, 6.07) is 3.49. The fourth-order valence-corrected chi connectivity index (χ4v) is 2.66. The molecule has 1 unspecified atom stereocenters. The van der Waals surface area contributed by atoms with E-state index >= 15 is 0 Å². The standard InChI is InChI=1S/C12H17BrN2O3S/c1-8(4-5-16)6-14-11(17)7-15-12(18)9-2-3-10(13)19-9/h2-3,8,16H,4-7H2,1H3,(H,14,17)(H,15,18). The van der Waals surface area contributed by atoms with Gasteiger partial charge in [-0.2, -0.15) is 0 Å². The highest BCUT2D eigenvalue weighted by atomic mass is 79.9. The summed E-state index contributed by atoms with van der Waals surface area (Å²) in [4.78, 5) is 23.7. The SMILES string of the molecule is CC(CCO)CNC(=O)CNC(=O)c1ccc(Br)s1. The molecule has 0 radical (unpaired) electrons. The summed E-state index contributed by atoms with van der Waals surface area (Å²) in [5.41, 5.74) is 0. The van der Waals surface area contributed by atoms with Gasteiger partial charge in [-0.25, -0.2) is 0 Å². The molecular formula is C12H17BrN2O3S. The number of hydrogen-bond acceptors (Lipinski definition) is 4. The van der Waals surface area contributed by atoms with Crippen LogP contribution in [0.15, 0.2) is 15.9 Å². The predicted molar refractivity (Wildman–Crippen MR) is 78.2 cm³/mol. The normalized spacial score (nSPS) is 11.9. The number of rotatable bonds is 7. The van der Waals surface area contributed by atoms with Crippen molar-refractivity contribution in [1.82, 2.24) is 10.6 Å². The van der Waals surface area contributed by atoms with Gasteiger partial charge < -0.3 is 15.7 Å². The fourth-order valence-electron chi connectivity index (χ4n) is 1.36. The van der Waals surface area contributed by atoms with E-state index in [-0.39, 0.29) is 30.9 Å². The molecule has 0 bridgehead atoms. The summed E-state index contributed by atoms with van der Waals surface area (Å²) in [6.07, 6.45) is 0.649. The average Bonchev–Trinajstić information content (AvgIpc) is 2.80. The molecule has 5 nitrogen and oxygen atoms in total. The third kappa shape index (κ3) is 6.17. The molecule has 0 aliphatic heterocycles. The Morgan fingerprint density at radius 3 is 2.74 bits per heavy atom. The Labute approximate surface area is 124 Å². The van der Waals surface area contributed by atoms with Gasteiger partial charge in [0.1, 0.15) is 0 Å². The van der Waals surface area contributed by atoms with Crippen LogP contribution >= 0.6 is 27.3 Å². The maximum atomic E-state index is 11.7. The Kier molecular flexibility index (Phi) is 7.04. The number of aliphatic hydroxyl groups excluding tert-OH is 1. The van der Waals surface area contributed by atoms with Gasteiger partial charge in [0.25, 0.3) is 5.91 Å². The molecule has 0 saturated heterocycles. The lowest BCUT2D eigenvalue weighted by Crippen LogP contribution is -2.38. The maximum absolute atomic E-state index is 11.7. The first-order chi connectivity index (χ1) is 9.02. The van der Waals surface area contributed by atoms with E-state index in [0.717, 1.165) is 3.79 Å². The summed E-state index contributed by atoms with van der Waals surface area (Å²) < 4.78 is 0.875. The highest BCUT2D eigenvalue weighted by molar-refractivity contribution is 9.11. The lowest BCUT2D eigenvalue weighted by atomic mass is 10.1. The zero-order valence-electron chi connectivity index (χ0n) is 10.6. The second-order valence-corrected chi connectivity index (χ2v) is 6.67. The molecular weight excluding hydrogens is 332 g/mol. The summed E-state index contributed by atoms with van der Waals surface area (Å²) >= 11 is 4.59. The summed E-state index contributed by atoms with van der Waals surface area (Å²) in [5.74, 6) is -0.263. The molecule has 106 valence electrons. The van der Waals surface area contributed by atoms with Crippen LogP contribution in [0.5, 0.6) is 0 Å². The lowest BCUT2D eigenvalue weighted by molar-refractivity contribution is -0.120. The predicted octanol–water partition coefficient (Wildman–Crippen LogP) is 1.38. The zero-order chi connectivity index (χ0) is 14.3. The first kappa shape index (κ1) is 16.1. The molecule has 1 aromatic heterocycles. The van der Waals surface area contributed by atoms with Crippen molar-refractivity contribution < 1.29 is 14.7 Å². The van der Waals surface area contributed by atoms with E-state index < -0.39 is 0 Å². The number of carbonyl (C=O) groups excluding carboxylic acids is 2. The number of halogens is 1. The molecule has 1 aromatic rings. The molecule has 1 rings (SSSR count). The van der Waals surface area contributed by atoms with Crippen LogP contribution < -0.4 is 10.6 Å². The van der Waals surface area contributed by atoms with Crippen LogP contribution in [0, 0.1) is 5.92 Å². The van der Waals surface area contributed by atoms with E-state index in [4.69, 9.17) is 5.11 Å². The molecule has 1 atom stereocenters. The van der Waals surface area contributed by atoms with Gasteiger partial charge in [0.2, 0.25) is 5.91 Å². The van der Waals surface area contributed by atoms with Gasteiger partial charge >= 0.3 is 0 Å². The van der Waals surface area contributed by atoms with Crippen LogP contribution in [0.1, 0.15) is 23.0 Å². The second kappa shape index (κ2) is 8.29. The largest absolute Gasteiger partial charge is 0.396 e. The molecule has 19 heavy (non-hydrogen) atoms. The van der Waals surface area contributed by atoms with Crippen molar-refractivity contribution in [2.24, 2.45) is 5.92 Å². The van der Waals surface area contributed by atoms with E-state index in [1.54, 1.807) is 12.1 Å². The van der Waals surface area contributed by atoms with Gasteiger partial charge in [0.05, 0.1) is 15.2 Å². The molecule has 0 aliphatic rings. The molecule has 0 fully saturated rings. The lowest BCUT2D eigenvalue weighted by Gasteiger charge is -2.11. The third-order valence-electron chi connectivity index (χ3n) is 2.48. The minimum Gasteiger partial charge on any atom is -0.396 e. The Bertz CT molecular complexity index is 436. The van der Waals surface area contributed by atoms with E-state index in [1.165, 1.54) is 11.3 Å². The fraction of sp³-hybridized carbons (Fsp3) is 0.500. The molecule has 0 saturated carbocycles. The first-order valence-corrected chi connectivity index (χ1v) is 7.55. The van der Waals surface area contributed by atoms with Gasteiger partial charge in [-0.3, -0.25) is 9.59 Å². The van der Waals surface area contributed by atoms with Crippen molar-refractivity contribution in [1.29, 1.82) is 0 Å². The monoisotopic (exact) mass is 348 g/mol. The molecule has 0 aliphatic carbocycles. The Balaban J connectivity index is 2.25. The summed E-state index contributed by atoms with van der Waals surface area (Å²) in [6.45, 7) is 2.51. The van der Waals surface area contributed by atoms with Gasteiger partial charge in [-0.1, -0.05) is 6.92 Å². The van der Waals surface area contributed by atoms with Crippen LogP contribution in [0.3, 0.4) is 0 Å². The quantitative estimate of drug-likeness (QED) is 0.696. The molecule has 0 aromatic carbocycles. The van der Waals surface area contributed by atoms with Crippen molar-refractivity contribution in [3.63, 3.8) is 0 Å². The van der Waals surface area contributed by atoms with Crippen molar-refractivity contribution in [2.45, 2.75) is 13.3 Å². The second-order valence-electron chi connectivity index (χ2n) is 4.21. The van der Waals surface area contributed by atoms with E-state index in [0.29, 0.717) is 17.8 Å². The summed E-state index contributed by atoms with van der Waals surface area (Å²) in [7, 11) is 0. The smallest absolute Gasteiger partial charge is 0.261 e. The molecule has 1 heterocycles. The number of hydrogen-bond donors (Lipinski definition) is 3. The Morgan fingerprint density at radius 1 is 1.42 bits per heavy atom. The van der Waals surface area contributed by atoms with Crippen molar-refractivity contribution in [2.75, 3.05) is 19.7 Å². The van der Waals surface area contributed by atoms with Crippen LogP contribution in [-0.2, 0) is 4.79 Å². The van der Waals surface area contributed by atoms with Gasteiger partial charge in [-0.15, -0.1) is 11.3 Å². The van der Waals surface area contributed by atoms with Crippen LogP contribution in [-0.4, -0.2) is 36.6 Å². The molecule has 3 N–H and O–H groups in total. The first-order valence-electron chi connectivity index (χ1n) is 5.94. The number of amides is 2. The number of nitrogens with one attached hydrogen (secondary N) is 2. The van der Waals surface area contributed by atoms with E-state index in [2.05, 4.69) is 26.6 Å². The minimum atomic E-state index is -0.255. The van der Waals surface area contributed by atoms with Crippen molar-refractivity contribution >= 4 is 39.1 Å². The van der Waals surface area contributed by atoms with Gasteiger partial charge in [0, 0.05) is 13.2 Å². The van der Waals surface area contributed by atoms with Gasteiger partial charge in [-0.05, 0) is 40.4 Å². The highest BCUT2D eigenvalue weighted by Crippen LogP contribution is 2.21. The van der Waals surface area contributed by atoms with E-state index in [1.807, 2.05) is 6.92 Å². The van der Waals surface area contributed by atoms with Crippen LogP contribution in [0.4, 0.5) is 0 Å². The zero-order valence-corrected chi connectivity index (χ0v) is 13.0. The average molecular weight is 349 g/mol. The van der Waals surface area contributed by atoms with E-state index in [9.17, 15) is 9.59 Å². The minimum absolute atomic E-state index is 0.0415. The van der Waals surface area contributed by atoms with Crippen molar-refractivity contribution in [3.05, 3.63) is 20.8 Å². The Hall–Kier alpha value is -0.920. The van der Waals surface area contributed by atoms with Crippen molar-refractivity contribution in [3.8, 4) is 0 Å². The topological polar surface area (TPSA) is 78.4 Å². The summed E-state index contributed by atoms with van der Waals surface area (Å²) in [5, 5.41) is 14.0. The molecule has 0 spiro atoms. The maximum Gasteiger partial charge on any atom is 0.261 e. The number of thiophene rings is 1. The van der Waals surface area contributed by atoms with Gasteiger partial charge in [0.15, 0.2) is 0 Å². The highest BCUT2D eigenvalue weighted by Gasteiger charge is 2.10. The molecule has 2 amide bonds. The third-order valence-corrected chi connectivity index (χ3v) is 4.10.